The average molecular weight is 222 g/mol. The average Bonchev–Trinajstić information content (AvgIpc) is 2.05. The third-order valence-corrected chi connectivity index (χ3v) is 1.90. The molecule has 0 heterocycles. The smallest absolute Gasteiger partial charge is 0.393 e. The van der Waals surface area contributed by atoms with Crippen molar-refractivity contribution < 1.29 is 22.7 Å². The van der Waals surface area contributed by atoms with Crippen molar-refractivity contribution in [2.75, 3.05) is 0 Å². The highest BCUT2D eigenvalue weighted by atomic mass is 19.4. The van der Waals surface area contributed by atoms with Crippen LogP contribution in [0.2, 0.25) is 0 Å². The van der Waals surface area contributed by atoms with Crippen LogP contribution in [0.5, 0.6) is 0 Å². The maximum Gasteiger partial charge on any atom is 0.416 e. The Morgan fingerprint density at radius 3 is 2.33 bits per heavy atom. The second-order valence-corrected chi connectivity index (χ2v) is 3.36. The van der Waals surface area contributed by atoms with Crippen LogP contribution < -0.4 is 0 Å². The van der Waals surface area contributed by atoms with Gasteiger partial charge in [-0.25, -0.2) is 4.39 Å². The zero-order valence-electron chi connectivity index (χ0n) is 7.98. The largest absolute Gasteiger partial charge is 0.416 e. The summed E-state index contributed by atoms with van der Waals surface area (Å²) in [5.74, 6) is -0.939. The molecule has 0 unspecified atom stereocenters. The van der Waals surface area contributed by atoms with Crippen LogP contribution in [-0.4, -0.2) is 11.2 Å². The van der Waals surface area contributed by atoms with E-state index in [2.05, 4.69) is 0 Å². The molecule has 1 atom stereocenters. The molecule has 84 valence electrons. The van der Waals surface area contributed by atoms with Gasteiger partial charge in [-0.05, 0) is 24.6 Å². The van der Waals surface area contributed by atoms with Crippen molar-refractivity contribution in [2.45, 2.75) is 25.6 Å². The summed E-state index contributed by atoms with van der Waals surface area (Å²) in [4.78, 5) is 0. The van der Waals surface area contributed by atoms with E-state index >= 15 is 0 Å². The van der Waals surface area contributed by atoms with Crippen LogP contribution in [0.4, 0.5) is 17.6 Å². The SMILES string of the molecule is C[C@H](O)Cc1ccc(C(F)(F)F)cc1F. The van der Waals surface area contributed by atoms with Gasteiger partial charge < -0.3 is 5.11 Å². The summed E-state index contributed by atoms with van der Waals surface area (Å²) in [5.41, 5.74) is -0.938. The fourth-order valence-corrected chi connectivity index (χ4v) is 1.21. The van der Waals surface area contributed by atoms with Crippen molar-refractivity contribution in [1.29, 1.82) is 0 Å². The fraction of sp³-hybridized carbons (Fsp3) is 0.400. The Balaban J connectivity index is 2.98. The first-order valence-electron chi connectivity index (χ1n) is 4.34. The van der Waals surface area contributed by atoms with E-state index in [0.717, 1.165) is 12.1 Å². The minimum absolute atomic E-state index is 0.00394. The number of rotatable bonds is 2. The van der Waals surface area contributed by atoms with Crippen molar-refractivity contribution in [2.24, 2.45) is 0 Å². The van der Waals surface area contributed by atoms with Crippen LogP contribution in [0.15, 0.2) is 18.2 Å². The molecular weight excluding hydrogens is 212 g/mol. The van der Waals surface area contributed by atoms with Crippen molar-refractivity contribution >= 4 is 0 Å². The molecule has 5 heteroatoms. The van der Waals surface area contributed by atoms with Crippen LogP contribution >= 0.6 is 0 Å². The number of benzene rings is 1. The van der Waals surface area contributed by atoms with Gasteiger partial charge in [0.2, 0.25) is 0 Å². The molecule has 0 radical (unpaired) electrons. The van der Waals surface area contributed by atoms with E-state index in [1.54, 1.807) is 0 Å². The predicted octanol–water partition coefficient (Wildman–Crippen LogP) is 2.77. The third-order valence-electron chi connectivity index (χ3n) is 1.90. The van der Waals surface area contributed by atoms with Crippen molar-refractivity contribution in [3.63, 3.8) is 0 Å². The second-order valence-electron chi connectivity index (χ2n) is 3.36. The number of hydrogen-bond donors (Lipinski definition) is 1. The molecule has 0 fully saturated rings. The van der Waals surface area contributed by atoms with Gasteiger partial charge in [-0.2, -0.15) is 13.2 Å². The highest BCUT2D eigenvalue weighted by Crippen LogP contribution is 2.30. The third kappa shape index (κ3) is 3.20. The van der Waals surface area contributed by atoms with Gasteiger partial charge in [-0.1, -0.05) is 6.07 Å². The molecule has 15 heavy (non-hydrogen) atoms. The van der Waals surface area contributed by atoms with Gasteiger partial charge in [0.05, 0.1) is 11.7 Å². The molecule has 0 spiro atoms. The highest BCUT2D eigenvalue weighted by molar-refractivity contribution is 5.26. The van der Waals surface area contributed by atoms with Crippen LogP contribution in [-0.2, 0) is 12.6 Å². The monoisotopic (exact) mass is 222 g/mol. The molecule has 0 saturated carbocycles. The van der Waals surface area contributed by atoms with E-state index < -0.39 is 23.7 Å². The molecule has 0 aliphatic carbocycles. The molecule has 1 aromatic rings. The van der Waals surface area contributed by atoms with Crippen LogP contribution in [0, 0.1) is 5.82 Å². The molecule has 0 aliphatic rings. The standard InChI is InChI=1S/C10H10F4O/c1-6(15)4-7-2-3-8(5-9(7)11)10(12,13)14/h2-3,5-6,15H,4H2,1H3/t6-/m0/s1. The molecule has 0 saturated heterocycles. The van der Waals surface area contributed by atoms with Gasteiger partial charge >= 0.3 is 6.18 Å². The van der Waals surface area contributed by atoms with Gasteiger partial charge in [-0.3, -0.25) is 0 Å². The van der Waals surface area contributed by atoms with E-state index in [1.807, 2.05) is 0 Å². The van der Waals surface area contributed by atoms with Crippen molar-refractivity contribution in [1.82, 2.24) is 0 Å². The van der Waals surface area contributed by atoms with Gasteiger partial charge in [0.15, 0.2) is 0 Å². The number of hydrogen-bond acceptors (Lipinski definition) is 1. The Bertz CT molecular complexity index is 344. The van der Waals surface area contributed by atoms with E-state index in [9.17, 15) is 17.6 Å². The molecule has 0 aromatic heterocycles. The lowest BCUT2D eigenvalue weighted by atomic mass is 10.1. The fourth-order valence-electron chi connectivity index (χ4n) is 1.21. The first-order chi connectivity index (χ1) is 6.80. The highest BCUT2D eigenvalue weighted by Gasteiger charge is 2.31. The first kappa shape index (κ1) is 12.0. The van der Waals surface area contributed by atoms with Gasteiger partial charge in [0, 0.05) is 6.42 Å². The molecule has 1 nitrogen and oxygen atoms in total. The van der Waals surface area contributed by atoms with Crippen LogP contribution in [0.1, 0.15) is 18.1 Å². The Hall–Kier alpha value is -1.10. The van der Waals surface area contributed by atoms with Gasteiger partial charge in [0.25, 0.3) is 0 Å². The van der Waals surface area contributed by atoms with E-state index in [0.29, 0.717) is 6.07 Å². The summed E-state index contributed by atoms with van der Waals surface area (Å²) in [6.45, 7) is 1.44. The molecule has 1 aromatic carbocycles. The summed E-state index contributed by atoms with van der Waals surface area (Å²) >= 11 is 0. The molecular formula is C10H10F4O. The lowest BCUT2D eigenvalue weighted by Gasteiger charge is -2.10. The number of aliphatic hydroxyl groups is 1. The summed E-state index contributed by atoms with van der Waals surface area (Å²) in [7, 11) is 0. The van der Waals surface area contributed by atoms with Crippen LogP contribution in [0.25, 0.3) is 0 Å². The number of halogens is 4. The molecule has 0 bridgehead atoms. The minimum atomic E-state index is -4.54. The maximum atomic E-state index is 13.1. The molecule has 0 amide bonds. The maximum absolute atomic E-state index is 13.1. The normalized spacial score (nSPS) is 14.0. The van der Waals surface area contributed by atoms with Crippen molar-refractivity contribution in [3.8, 4) is 0 Å². The summed E-state index contributed by atoms with van der Waals surface area (Å²) in [6, 6.07) is 2.30. The summed E-state index contributed by atoms with van der Waals surface area (Å²) in [6.07, 6.45) is -5.31. The van der Waals surface area contributed by atoms with E-state index in [1.165, 1.54) is 6.92 Å². The lowest BCUT2D eigenvalue weighted by Crippen LogP contribution is -2.09. The first-order valence-corrected chi connectivity index (χ1v) is 4.34. The zero-order valence-corrected chi connectivity index (χ0v) is 7.98. The van der Waals surface area contributed by atoms with E-state index in [-0.39, 0.29) is 12.0 Å². The Labute approximate surface area is 84.3 Å². The molecule has 1 rings (SSSR count). The second kappa shape index (κ2) is 4.18. The summed E-state index contributed by atoms with van der Waals surface area (Å²) < 4.78 is 49.6. The number of alkyl halides is 3. The van der Waals surface area contributed by atoms with Gasteiger partial charge in [0.1, 0.15) is 5.82 Å². The Morgan fingerprint density at radius 2 is 1.93 bits per heavy atom. The Kier molecular flexibility index (Phi) is 3.34. The minimum Gasteiger partial charge on any atom is -0.393 e. The summed E-state index contributed by atoms with van der Waals surface area (Å²) in [5, 5.41) is 8.97. The van der Waals surface area contributed by atoms with Crippen molar-refractivity contribution in [3.05, 3.63) is 35.1 Å². The quantitative estimate of drug-likeness (QED) is 0.763. The zero-order chi connectivity index (χ0) is 11.6. The Morgan fingerprint density at radius 1 is 1.33 bits per heavy atom. The lowest BCUT2D eigenvalue weighted by molar-refractivity contribution is -0.137. The predicted molar refractivity (Wildman–Crippen MR) is 46.8 cm³/mol. The van der Waals surface area contributed by atoms with Gasteiger partial charge in [-0.15, -0.1) is 0 Å². The van der Waals surface area contributed by atoms with E-state index in [4.69, 9.17) is 5.11 Å². The number of aliphatic hydroxyl groups excluding tert-OH is 1. The van der Waals surface area contributed by atoms with Crippen LogP contribution in [0.3, 0.4) is 0 Å². The molecule has 0 aliphatic heterocycles. The topological polar surface area (TPSA) is 20.2 Å². The molecule has 1 N–H and O–H groups in total.